The second kappa shape index (κ2) is 6.04. The van der Waals surface area contributed by atoms with E-state index in [9.17, 15) is 0 Å². The van der Waals surface area contributed by atoms with Crippen molar-refractivity contribution in [2.24, 2.45) is 5.92 Å². The highest BCUT2D eigenvalue weighted by Crippen LogP contribution is 2.39. The van der Waals surface area contributed by atoms with E-state index in [0.717, 1.165) is 67.6 Å². The molecular weight excluding hydrogens is 318 g/mol. The highest BCUT2D eigenvalue weighted by molar-refractivity contribution is 7.19. The lowest BCUT2D eigenvalue weighted by atomic mass is 9.89. The lowest BCUT2D eigenvalue weighted by molar-refractivity contribution is 0.0331. The molecule has 2 aliphatic rings. The summed E-state index contributed by atoms with van der Waals surface area (Å²) in [7, 11) is 0. The molecule has 2 aromatic heterocycles. The van der Waals surface area contributed by atoms with Crippen LogP contribution >= 0.6 is 22.9 Å². The molecule has 2 aromatic rings. The van der Waals surface area contributed by atoms with Crippen LogP contribution in [-0.2, 0) is 24.1 Å². The van der Waals surface area contributed by atoms with Gasteiger partial charge in [-0.1, -0.05) is 18.5 Å². The van der Waals surface area contributed by atoms with Crippen LogP contribution in [0.2, 0.25) is 5.15 Å². The van der Waals surface area contributed by atoms with E-state index in [-0.39, 0.29) is 0 Å². The van der Waals surface area contributed by atoms with Crippen molar-refractivity contribution in [3.05, 3.63) is 21.4 Å². The number of aryl methyl sites for hydroxylation is 1. The lowest BCUT2D eigenvalue weighted by Crippen LogP contribution is -2.36. The highest BCUT2D eigenvalue weighted by Gasteiger charge is 2.23. The first-order valence-electron chi connectivity index (χ1n) is 7.97. The van der Waals surface area contributed by atoms with E-state index in [1.807, 2.05) is 11.3 Å². The average Bonchev–Trinajstić information content (AvgIpc) is 2.85. The minimum atomic E-state index is 0.639. The van der Waals surface area contributed by atoms with Gasteiger partial charge in [0, 0.05) is 18.0 Å². The third-order valence-electron chi connectivity index (χ3n) is 4.63. The maximum absolute atomic E-state index is 6.51. The van der Waals surface area contributed by atoms with Crippen LogP contribution in [0.3, 0.4) is 0 Å². The van der Waals surface area contributed by atoms with Crippen LogP contribution < -0.4 is 0 Å². The number of ether oxygens (including phenoxy) is 1. The quantitative estimate of drug-likeness (QED) is 0.788. The molecule has 3 heterocycles. The Balaban J connectivity index is 1.67. The van der Waals surface area contributed by atoms with Gasteiger partial charge in [0.25, 0.3) is 0 Å². The predicted molar refractivity (Wildman–Crippen MR) is 89.7 cm³/mol. The molecule has 0 unspecified atom stereocenters. The minimum Gasteiger partial charge on any atom is -0.379 e. The van der Waals surface area contributed by atoms with E-state index in [1.165, 1.54) is 16.9 Å². The Labute approximate surface area is 139 Å². The van der Waals surface area contributed by atoms with Gasteiger partial charge in [-0.2, -0.15) is 0 Å². The second-order valence-corrected chi connectivity index (χ2v) is 7.79. The van der Waals surface area contributed by atoms with Crippen molar-refractivity contribution in [2.75, 3.05) is 26.3 Å². The summed E-state index contributed by atoms with van der Waals surface area (Å²) >= 11 is 8.32. The third-order valence-corrected chi connectivity index (χ3v) is 6.05. The van der Waals surface area contributed by atoms with Crippen molar-refractivity contribution in [1.82, 2.24) is 14.9 Å². The first-order valence-corrected chi connectivity index (χ1v) is 9.17. The Bertz CT molecular complexity index is 696. The molecule has 4 nitrogen and oxygen atoms in total. The molecule has 22 heavy (non-hydrogen) atoms. The van der Waals surface area contributed by atoms with Gasteiger partial charge in [0.05, 0.1) is 25.1 Å². The molecule has 0 aromatic carbocycles. The fourth-order valence-electron chi connectivity index (χ4n) is 3.37. The number of hydrogen-bond donors (Lipinski definition) is 0. The molecule has 4 rings (SSSR count). The van der Waals surface area contributed by atoms with Crippen molar-refractivity contribution in [1.29, 1.82) is 0 Å². The van der Waals surface area contributed by atoms with Crippen LogP contribution in [0.5, 0.6) is 0 Å². The number of halogens is 1. The van der Waals surface area contributed by atoms with Crippen molar-refractivity contribution in [3.8, 4) is 0 Å². The van der Waals surface area contributed by atoms with Crippen LogP contribution in [0.15, 0.2) is 0 Å². The van der Waals surface area contributed by atoms with Gasteiger partial charge in [0.1, 0.15) is 15.8 Å². The van der Waals surface area contributed by atoms with Crippen molar-refractivity contribution < 1.29 is 4.74 Å². The normalized spacial score (nSPS) is 22.9. The summed E-state index contributed by atoms with van der Waals surface area (Å²) < 4.78 is 5.39. The molecular formula is C16H20ClN3OS. The fourth-order valence-corrected chi connectivity index (χ4v) is 5.13. The molecule has 1 aliphatic heterocycles. The molecule has 0 saturated carbocycles. The van der Waals surface area contributed by atoms with E-state index >= 15 is 0 Å². The Morgan fingerprint density at radius 2 is 2.14 bits per heavy atom. The van der Waals surface area contributed by atoms with E-state index < -0.39 is 0 Å². The molecule has 1 atom stereocenters. The van der Waals surface area contributed by atoms with Crippen molar-refractivity contribution >= 4 is 33.2 Å². The van der Waals surface area contributed by atoms with Crippen LogP contribution in [0.25, 0.3) is 10.2 Å². The van der Waals surface area contributed by atoms with E-state index in [4.69, 9.17) is 21.3 Å². The van der Waals surface area contributed by atoms with Crippen LogP contribution in [0.1, 0.15) is 29.6 Å². The maximum Gasteiger partial charge on any atom is 0.145 e. The topological polar surface area (TPSA) is 38.2 Å². The van der Waals surface area contributed by atoms with Gasteiger partial charge in [0.15, 0.2) is 0 Å². The molecule has 118 valence electrons. The minimum absolute atomic E-state index is 0.639. The smallest absolute Gasteiger partial charge is 0.145 e. The van der Waals surface area contributed by atoms with Gasteiger partial charge in [-0.25, -0.2) is 9.97 Å². The lowest BCUT2D eigenvalue weighted by Gasteiger charge is -2.25. The summed E-state index contributed by atoms with van der Waals surface area (Å²) in [4.78, 5) is 14.2. The zero-order chi connectivity index (χ0) is 15.1. The van der Waals surface area contributed by atoms with Crippen LogP contribution in [0.4, 0.5) is 0 Å². The molecule has 0 N–H and O–H groups in total. The Morgan fingerprint density at radius 1 is 1.32 bits per heavy atom. The maximum atomic E-state index is 6.51. The molecule has 1 saturated heterocycles. The zero-order valence-corrected chi connectivity index (χ0v) is 14.3. The molecule has 0 spiro atoms. The molecule has 1 aliphatic carbocycles. The SMILES string of the molecule is C[C@@H]1CCc2c(sc3nc(CN4CCOCC4)nc(Cl)c23)C1. The first-order chi connectivity index (χ1) is 10.7. The highest BCUT2D eigenvalue weighted by atomic mass is 35.5. The number of morpholine rings is 1. The number of thiophene rings is 1. The van der Waals surface area contributed by atoms with Crippen molar-refractivity contribution in [3.63, 3.8) is 0 Å². The second-order valence-electron chi connectivity index (χ2n) is 6.35. The van der Waals surface area contributed by atoms with E-state index in [0.29, 0.717) is 5.15 Å². The Kier molecular flexibility index (Phi) is 4.07. The van der Waals surface area contributed by atoms with E-state index in [1.54, 1.807) is 0 Å². The standard InChI is InChI=1S/C16H20ClN3OS/c1-10-2-3-11-12(8-10)22-16-14(11)15(17)18-13(19-16)9-20-4-6-21-7-5-20/h10H,2-9H2,1H3/t10-/m1/s1. The molecule has 0 radical (unpaired) electrons. The molecule has 1 fully saturated rings. The van der Waals surface area contributed by atoms with Crippen molar-refractivity contribution in [2.45, 2.75) is 32.7 Å². The summed E-state index contributed by atoms with van der Waals surface area (Å²) in [5, 5.41) is 1.75. The van der Waals surface area contributed by atoms with Crippen LogP contribution in [-0.4, -0.2) is 41.2 Å². The van der Waals surface area contributed by atoms with Gasteiger partial charge < -0.3 is 4.74 Å². The van der Waals surface area contributed by atoms with E-state index in [2.05, 4.69) is 16.8 Å². The third kappa shape index (κ3) is 2.75. The fraction of sp³-hybridized carbons (Fsp3) is 0.625. The first kappa shape index (κ1) is 14.8. The summed E-state index contributed by atoms with van der Waals surface area (Å²) in [6.45, 7) is 6.56. The molecule has 0 bridgehead atoms. The summed E-state index contributed by atoms with van der Waals surface area (Å²) in [6, 6.07) is 0. The molecule has 6 heteroatoms. The summed E-state index contributed by atoms with van der Waals surface area (Å²) in [5.74, 6) is 1.60. The number of fused-ring (bicyclic) bond motifs is 3. The van der Waals surface area contributed by atoms with Gasteiger partial charge in [-0.3, -0.25) is 4.90 Å². The predicted octanol–water partition coefficient (Wildman–Crippen LogP) is 3.30. The summed E-state index contributed by atoms with van der Waals surface area (Å²) in [6.07, 6.45) is 3.51. The number of rotatable bonds is 2. The van der Waals surface area contributed by atoms with Crippen LogP contribution in [0, 0.1) is 5.92 Å². The van der Waals surface area contributed by atoms with Gasteiger partial charge in [-0.15, -0.1) is 11.3 Å². The monoisotopic (exact) mass is 337 g/mol. The van der Waals surface area contributed by atoms with Gasteiger partial charge in [0.2, 0.25) is 0 Å². The number of aromatic nitrogens is 2. The average molecular weight is 338 g/mol. The van der Waals surface area contributed by atoms with Gasteiger partial charge in [-0.05, 0) is 30.7 Å². The number of hydrogen-bond acceptors (Lipinski definition) is 5. The number of nitrogens with zero attached hydrogens (tertiary/aromatic N) is 3. The Hall–Kier alpha value is -0.750. The largest absolute Gasteiger partial charge is 0.379 e. The Morgan fingerprint density at radius 3 is 2.95 bits per heavy atom. The van der Waals surface area contributed by atoms with Gasteiger partial charge >= 0.3 is 0 Å². The zero-order valence-electron chi connectivity index (χ0n) is 12.8. The molecule has 0 amide bonds. The summed E-state index contributed by atoms with van der Waals surface area (Å²) in [5.41, 5.74) is 1.40.